The number of aliphatic hydroxyl groups is 5. The summed E-state index contributed by atoms with van der Waals surface area (Å²) < 4.78 is 19.6. The van der Waals surface area contributed by atoms with E-state index >= 15 is 4.79 Å². The number of rotatable bonds is 2. The normalized spacial score (nSPS) is 37.3. The number of Topliss-reactive ketones (excluding diaryl/α,β-unsaturated/α-hetero) is 1. The Kier molecular flexibility index (Phi) is 16.4. The molecule has 13 heteroatoms. The molecule has 452 valence electrons. The van der Waals surface area contributed by atoms with Gasteiger partial charge in [0.2, 0.25) is 0 Å². The van der Waals surface area contributed by atoms with E-state index in [-0.39, 0.29) is 104 Å². The highest BCUT2D eigenvalue weighted by molar-refractivity contribution is 5.89. The zero-order valence-corrected chi connectivity index (χ0v) is 49.5. The molecule has 3 aromatic rings. The number of hydrogen-bond acceptors (Lipinski definition) is 13. The van der Waals surface area contributed by atoms with Crippen LogP contribution in [0.25, 0.3) is 0 Å². The molecule has 0 amide bonds. The highest BCUT2D eigenvalue weighted by Gasteiger charge is 2.62. The van der Waals surface area contributed by atoms with Crippen molar-refractivity contribution in [2.45, 2.75) is 227 Å². The number of fused-ring (bicyclic) bond motifs is 16. The van der Waals surface area contributed by atoms with Gasteiger partial charge in [0, 0.05) is 65.9 Å². The number of esters is 2. The summed E-state index contributed by atoms with van der Waals surface area (Å²) in [7, 11) is 0. The lowest BCUT2D eigenvalue weighted by atomic mass is 9.48. The van der Waals surface area contributed by atoms with Crippen LogP contribution in [0.1, 0.15) is 211 Å². The van der Waals surface area contributed by atoms with E-state index in [1.807, 2.05) is 42.5 Å². The molecule has 11 aliphatic rings. The largest absolute Gasteiger partial charge is 0.507 e. The minimum Gasteiger partial charge on any atom is -0.507 e. The molecule has 1 spiro atoms. The first-order valence-electron chi connectivity index (χ1n) is 32.7. The Morgan fingerprint density at radius 3 is 2.26 bits per heavy atom. The maximum absolute atomic E-state index is 16.1. The summed E-state index contributed by atoms with van der Waals surface area (Å²) in [6.07, 6.45) is 13.1. The fourth-order valence-electron chi connectivity index (χ4n) is 17.8. The number of phenols is 1. The van der Waals surface area contributed by atoms with Crippen molar-refractivity contribution in [3.05, 3.63) is 99.1 Å². The first kappa shape index (κ1) is 58.5. The second kappa shape index (κ2) is 23.9. The molecular formula is C72H87NO12. The van der Waals surface area contributed by atoms with Crippen molar-refractivity contribution in [2.24, 2.45) is 40.9 Å². The van der Waals surface area contributed by atoms with E-state index in [0.29, 0.717) is 71.4 Å². The van der Waals surface area contributed by atoms with Crippen molar-refractivity contribution in [1.29, 1.82) is 0 Å². The lowest BCUT2D eigenvalue weighted by Gasteiger charge is -2.59. The van der Waals surface area contributed by atoms with E-state index in [2.05, 4.69) is 35.1 Å². The van der Waals surface area contributed by atoms with Crippen molar-refractivity contribution in [3.63, 3.8) is 0 Å². The number of aliphatic hydroxyl groups excluding tert-OH is 3. The maximum atomic E-state index is 16.1. The molecule has 5 heterocycles. The van der Waals surface area contributed by atoms with Crippen molar-refractivity contribution in [1.82, 2.24) is 0 Å². The summed E-state index contributed by atoms with van der Waals surface area (Å²) in [6.45, 7) is 1.44. The maximum Gasteiger partial charge on any atom is 0.334 e. The summed E-state index contributed by atoms with van der Waals surface area (Å²) in [5, 5.41) is 79.6. The van der Waals surface area contributed by atoms with Crippen LogP contribution in [-0.4, -0.2) is 97.1 Å². The van der Waals surface area contributed by atoms with Crippen molar-refractivity contribution in [3.8, 4) is 35.2 Å². The fraction of sp³-hybridized carbons (Fsp3) is 0.625. The van der Waals surface area contributed by atoms with Gasteiger partial charge in [-0.05, 0) is 172 Å². The van der Waals surface area contributed by atoms with Gasteiger partial charge in [-0.2, -0.15) is 0 Å². The number of anilines is 1. The standard InChI is InChI=1S/C72H87NO12/c1-70(81)41-73-53-33-49(32-51(34-53)68(79)71(25-7-8-26-71)27-24-42-16-20-55(21-17-42)83-40-62(70)76)46-18-19-47-39-64(77)85-67-56(47)37-50(66(78)65(67)45-12-3-2-4-13-45)38-63-72(82)59-15-6-5-14-48(59)36-57-58(61(75)23-22-60(57)72)30-44-11-9-10-43(28-44)29-54(74)35-52(31-46)69(80)84-63/h9-11,28,32-35,37,42,45-48,54-55,57-60,62-63,68,73-74,76,78-79,81-82H,2-8,12-17,20-23,25-26,29-31,36,38-41H2,1H3/b52-35-/t42?,46-,47+,48-,54+,55?,57-,58+,59-,60+,62+,63+,68-,70-,72-/m0/s1. The van der Waals surface area contributed by atoms with Crippen LogP contribution in [0.5, 0.6) is 11.5 Å². The topological polar surface area (TPSA) is 212 Å². The molecule has 13 atom stereocenters. The quantitative estimate of drug-likeness (QED) is 0.0724. The summed E-state index contributed by atoms with van der Waals surface area (Å²) in [4.78, 5) is 44.6. The summed E-state index contributed by atoms with van der Waals surface area (Å²) in [5.41, 5.74) is 1.30. The SMILES string of the molecule is C[C@]1(O)CNc2cc([C@H]3C#C[C@@H]4CC(=O)Oc5c4cc(c(O)c5C4CCCCC4)C[C@H]4OC(=O)/C(=C\[C@H](O)Cc5cccc(c5)C[C@H]5C(=O)CC[C@@H]6[C@H]5C[C@@H]5CCCC[C@@H]5[C@]64O)C3)cc(c2)[C@H](O)C2(C#CC3CCC(CC3)OC[C@H]1O)CCCC2. The number of ketones is 1. The van der Waals surface area contributed by atoms with E-state index in [9.17, 15) is 40.2 Å². The summed E-state index contributed by atoms with van der Waals surface area (Å²) in [6, 6.07) is 15.6. The minimum absolute atomic E-state index is 0.0237. The summed E-state index contributed by atoms with van der Waals surface area (Å²) >= 11 is 0. The predicted octanol–water partition coefficient (Wildman–Crippen LogP) is 10.4. The zero-order chi connectivity index (χ0) is 58.8. The van der Waals surface area contributed by atoms with E-state index < -0.39 is 70.7 Å². The molecule has 0 unspecified atom stereocenters. The van der Waals surface area contributed by atoms with E-state index in [0.717, 1.165) is 107 Å². The number of carbonyl (C=O) groups excluding carboxylic acids is 3. The molecule has 6 aliphatic carbocycles. The number of carbonyl (C=O) groups is 3. The third-order valence-electron chi connectivity index (χ3n) is 22.5. The molecule has 7 N–H and O–H groups in total. The highest BCUT2D eigenvalue weighted by atomic mass is 16.6. The Morgan fingerprint density at radius 2 is 1.46 bits per heavy atom. The van der Waals surface area contributed by atoms with Crippen molar-refractivity contribution < 1.29 is 59.2 Å². The Balaban J connectivity index is 1.01. The number of ether oxygens (including phenoxy) is 3. The Labute approximate surface area is 501 Å². The predicted molar refractivity (Wildman–Crippen MR) is 320 cm³/mol. The van der Waals surface area contributed by atoms with Crippen LogP contribution in [0.4, 0.5) is 5.69 Å². The van der Waals surface area contributed by atoms with Gasteiger partial charge in [0.25, 0.3) is 0 Å². The van der Waals surface area contributed by atoms with Gasteiger partial charge < -0.3 is 50.2 Å². The van der Waals surface area contributed by atoms with Gasteiger partial charge in [0.05, 0.1) is 42.7 Å². The van der Waals surface area contributed by atoms with Crippen LogP contribution >= 0.6 is 0 Å². The van der Waals surface area contributed by atoms with Crippen LogP contribution in [0.3, 0.4) is 0 Å². The first-order valence-corrected chi connectivity index (χ1v) is 32.7. The van der Waals surface area contributed by atoms with Gasteiger partial charge in [-0.25, -0.2) is 4.79 Å². The number of phenolic OH excluding ortho intramolecular Hbond substituents is 1. The number of benzene rings is 3. The van der Waals surface area contributed by atoms with Gasteiger partial charge in [-0.15, -0.1) is 0 Å². The molecule has 14 bridgehead atoms. The first-order chi connectivity index (χ1) is 41.0. The van der Waals surface area contributed by atoms with Gasteiger partial charge in [-0.1, -0.05) is 105 Å². The lowest BCUT2D eigenvalue weighted by Crippen LogP contribution is -2.65. The lowest BCUT2D eigenvalue weighted by molar-refractivity contribution is -0.228. The van der Waals surface area contributed by atoms with Gasteiger partial charge in [-0.3, -0.25) is 9.59 Å². The number of nitrogens with one attached hydrogen (secondary N) is 1. The van der Waals surface area contributed by atoms with Gasteiger partial charge >= 0.3 is 11.9 Å². The van der Waals surface area contributed by atoms with Crippen LogP contribution in [0.2, 0.25) is 0 Å². The Bertz CT molecular complexity index is 3210. The third-order valence-corrected chi connectivity index (χ3v) is 22.5. The number of aromatic hydroxyl groups is 1. The van der Waals surface area contributed by atoms with Gasteiger partial charge in [0.1, 0.15) is 40.7 Å². The van der Waals surface area contributed by atoms with E-state index in [4.69, 9.17) is 14.2 Å². The monoisotopic (exact) mass is 1160 g/mol. The molecule has 13 nitrogen and oxygen atoms in total. The van der Waals surface area contributed by atoms with Crippen LogP contribution in [0, 0.1) is 64.6 Å². The highest BCUT2D eigenvalue weighted by Crippen LogP contribution is 2.60. The number of hydrogen-bond donors (Lipinski definition) is 7. The van der Waals surface area contributed by atoms with Crippen LogP contribution < -0.4 is 10.1 Å². The van der Waals surface area contributed by atoms with Gasteiger partial charge in [0.15, 0.2) is 0 Å². The van der Waals surface area contributed by atoms with Crippen LogP contribution in [0.15, 0.2) is 60.2 Å². The average molecular weight is 1160 g/mol. The fourth-order valence-corrected chi connectivity index (χ4v) is 17.8. The minimum atomic E-state index is -1.65. The summed E-state index contributed by atoms with van der Waals surface area (Å²) in [5.74, 6) is 11.0. The zero-order valence-electron chi connectivity index (χ0n) is 49.5. The van der Waals surface area contributed by atoms with Crippen LogP contribution in [-0.2, 0) is 43.1 Å². The Hall–Kier alpha value is -5.51. The smallest absolute Gasteiger partial charge is 0.334 e. The molecule has 5 aliphatic heterocycles. The van der Waals surface area contributed by atoms with E-state index in [1.54, 1.807) is 13.0 Å². The third kappa shape index (κ3) is 11.5. The molecule has 85 heavy (non-hydrogen) atoms. The molecule has 0 saturated heterocycles. The molecule has 6 saturated carbocycles. The molecular weight excluding hydrogens is 1070 g/mol. The Morgan fingerprint density at radius 1 is 0.718 bits per heavy atom. The molecule has 3 aromatic carbocycles. The molecule has 14 rings (SSSR count). The molecule has 0 radical (unpaired) electrons. The van der Waals surface area contributed by atoms with Crippen molar-refractivity contribution in [2.75, 3.05) is 18.5 Å². The molecule has 0 aromatic heterocycles. The van der Waals surface area contributed by atoms with Crippen molar-refractivity contribution >= 4 is 23.4 Å². The second-order valence-corrected chi connectivity index (χ2v) is 28.0. The average Bonchev–Trinajstić information content (AvgIpc) is 1.25. The van der Waals surface area contributed by atoms with E-state index in [1.165, 1.54) is 0 Å². The second-order valence-electron chi connectivity index (χ2n) is 28.0. The molecule has 6 fully saturated rings.